The van der Waals surface area contributed by atoms with Crippen molar-refractivity contribution in [2.75, 3.05) is 39.4 Å². The van der Waals surface area contributed by atoms with Crippen LogP contribution < -0.4 is 16.4 Å². The quantitative estimate of drug-likeness (QED) is 0.427. The van der Waals surface area contributed by atoms with Crippen LogP contribution in [0, 0.1) is 17.3 Å². The lowest BCUT2D eigenvalue weighted by molar-refractivity contribution is -0.143. The number of amides is 3. The van der Waals surface area contributed by atoms with E-state index in [1.54, 1.807) is 0 Å². The minimum absolute atomic E-state index is 0.200. The van der Waals surface area contributed by atoms with Gasteiger partial charge in [0.05, 0.1) is 0 Å². The summed E-state index contributed by atoms with van der Waals surface area (Å²) in [4.78, 5) is 41.3. The standard InChI is InChI=1S/C28H42N4O4/c29-26(34)28(12-4-5-13-28)27(35)31-24(18-21-6-2-1-3-7-21)25(33)30-19-22-8-14-32(15-9-22)20-23-10-16-36-17-11-23/h1-3,6-7,22-24H,4-5,8-20H2,(H2,29,34)(H,30,33)(H,31,35)/t24-/m1/s1. The summed E-state index contributed by atoms with van der Waals surface area (Å²) in [7, 11) is 0. The van der Waals surface area contributed by atoms with Gasteiger partial charge in [0.1, 0.15) is 11.5 Å². The van der Waals surface area contributed by atoms with E-state index in [4.69, 9.17) is 10.5 Å². The van der Waals surface area contributed by atoms with Gasteiger partial charge in [0.2, 0.25) is 17.7 Å². The zero-order valence-electron chi connectivity index (χ0n) is 21.4. The minimum atomic E-state index is -1.20. The molecule has 8 nitrogen and oxygen atoms in total. The lowest BCUT2D eigenvalue weighted by Crippen LogP contribution is -2.55. The van der Waals surface area contributed by atoms with Crippen molar-refractivity contribution in [2.24, 2.45) is 23.0 Å². The fraction of sp³-hybridized carbons (Fsp3) is 0.679. The normalized spacial score (nSPS) is 22.1. The van der Waals surface area contributed by atoms with Crippen molar-refractivity contribution in [2.45, 2.75) is 63.8 Å². The van der Waals surface area contributed by atoms with Gasteiger partial charge >= 0.3 is 0 Å². The maximum Gasteiger partial charge on any atom is 0.242 e. The van der Waals surface area contributed by atoms with Gasteiger partial charge in [-0.3, -0.25) is 14.4 Å². The van der Waals surface area contributed by atoms with E-state index in [2.05, 4.69) is 15.5 Å². The first-order valence-electron chi connectivity index (χ1n) is 13.7. The number of piperidine rings is 1. The Bertz CT molecular complexity index is 873. The van der Waals surface area contributed by atoms with Crippen LogP contribution in [0.25, 0.3) is 0 Å². The molecule has 3 fully saturated rings. The number of nitrogens with zero attached hydrogens (tertiary/aromatic N) is 1. The van der Waals surface area contributed by atoms with Crippen LogP contribution >= 0.6 is 0 Å². The van der Waals surface area contributed by atoms with Crippen molar-refractivity contribution in [1.82, 2.24) is 15.5 Å². The molecule has 3 amide bonds. The molecule has 2 heterocycles. The molecular formula is C28H42N4O4. The van der Waals surface area contributed by atoms with Crippen LogP contribution in [-0.2, 0) is 25.5 Å². The Kier molecular flexibility index (Phi) is 9.37. The summed E-state index contributed by atoms with van der Waals surface area (Å²) in [6.07, 6.45) is 7.27. The molecule has 36 heavy (non-hydrogen) atoms. The maximum absolute atomic E-state index is 13.3. The Morgan fingerprint density at radius 2 is 1.67 bits per heavy atom. The Hall–Kier alpha value is -2.45. The van der Waals surface area contributed by atoms with Crippen molar-refractivity contribution < 1.29 is 19.1 Å². The van der Waals surface area contributed by atoms with Gasteiger partial charge in [0.25, 0.3) is 0 Å². The molecule has 8 heteroatoms. The fourth-order valence-electron chi connectivity index (χ4n) is 5.95. The van der Waals surface area contributed by atoms with Crippen molar-refractivity contribution in [3.05, 3.63) is 35.9 Å². The van der Waals surface area contributed by atoms with Crippen LogP contribution in [0.4, 0.5) is 0 Å². The number of primary amides is 1. The maximum atomic E-state index is 13.3. The van der Waals surface area contributed by atoms with E-state index >= 15 is 0 Å². The predicted octanol–water partition coefficient (Wildman–Crippen LogP) is 2.01. The third kappa shape index (κ3) is 6.85. The number of hydrogen-bond acceptors (Lipinski definition) is 5. The van der Waals surface area contributed by atoms with Crippen molar-refractivity contribution in [3.8, 4) is 0 Å². The summed E-state index contributed by atoms with van der Waals surface area (Å²) in [6, 6.07) is 8.90. The highest BCUT2D eigenvalue weighted by Gasteiger charge is 2.47. The summed E-state index contributed by atoms with van der Waals surface area (Å²) < 4.78 is 5.48. The van der Waals surface area contributed by atoms with Crippen LogP contribution in [0.15, 0.2) is 30.3 Å². The molecule has 198 valence electrons. The van der Waals surface area contributed by atoms with Crippen LogP contribution in [-0.4, -0.2) is 68.1 Å². The number of carbonyl (C=O) groups excluding carboxylic acids is 3. The molecule has 1 aromatic rings. The summed E-state index contributed by atoms with van der Waals surface area (Å²) in [5, 5.41) is 6.00. The predicted molar refractivity (Wildman–Crippen MR) is 138 cm³/mol. The Labute approximate surface area is 214 Å². The third-order valence-electron chi connectivity index (χ3n) is 8.40. The van der Waals surface area contributed by atoms with Gasteiger partial charge in [0.15, 0.2) is 0 Å². The molecule has 0 aromatic heterocycles. The highest BCUT2D eigenvalue weighted by molar-refractivity contribution is 6.05. The number of nitrogens with one attached hydrogen (secondary N) is 2. The van der Waals surface area contributed by atoms with Gasteiger partial charge in [-0.05, 0) is 69.0 Å². The van der Waals surface area contributed by atoms with E-state index in [1.165, 1.54) is 0 Å². The van der Waals surface area contributed by atoms with Gasteiger partial charge < -0.3 is 26.0 Å². The van der Waals surface area contributed by atoms with E-state index < -0.39 is 23.3 Å². The molecule has 0 spiro atoms. The molecule has 2 saturated heterocycles. The molecule has 0 unspecified atom stereocenters. The van der Waals surface area contributed by atoms with E-state index in [1.807, 2.05) is 30.3 Å². The summed E-state index contributed by atoms with van der Waals surface area (Å²) in [5.41, 5.74) is 5.41. The smallest absolute Gasteiger partial charge is 0.242 e. The number of hydrogen-bond donors (Lipinski definition) is 3. The average molecular weight is 499 g/mol. The molecule has 1 atom stereocenters. The van der Waals surface area contributed by atoms with Gasteiger partial charge in [-0.1, -0.05) is 43.2 Å². The Balaban J connectivity index is 1.30. The van der Waals surface area contributed by atoms with Crippen LogP contribution in [0.1, 0.15) is 56.9 Å². The first-order valence-corrected chi connectivity index (χ1v) is 13.7. The van der Waals surface area contributed by atoms with Gasteiger partial charge in [-0.25, -0.2) is 0 Å². The highest BCUT2D eigenvalue weighted by Crippen LogP contribution is 2.38. The zero-order valence-corrected chi connectivity index (χ0v) is 21.4. The number of rotatable bonds is 10. The molecule has 1 aromatic carbocycles. The van der Waals surface area contributed by atoms with E-state index in [0.29, 0.717) is 31.7 Å². The van der Waals surface area contributed by atoms with Gasteiger partial charge in [-0.2, -0.15) is 0 Å². The fourth-order valence-corrected chi connectivity index (χ4v) is 5.95. The number of nitrogens with two attached hydrogens (primary N) is 1. The zero-order chi connectivity index (χ0) is 25.4. The lowest BCUT2D eigenvalue weighted by atomic mass is 9.84. The highest BCUT2D eigenvalue weighted by atomic mass is 16.5. The Morgan fingerprint density at radius 1 is 1.00 bits per heavy atom. The number of benzene rings is 1. The molecule has 2 aliphatic heterocycles. The molecule has 1 saturated carbocycles. The average Bonchev–Trinajstić information content (AvgIpc) is 3.41. The van der Waals surface area contributed by atoms with E-state index in [9.17, 15) is 14.4 Å². The first-order chi connectivity index (χ1) is 17.5. The van der Waals surface area contributed by atoms with Crippen molar-refractivity contribution in [1.29, 1.82) is 0 Å². The van der Waals surface area contributed by atoms with Crippen molar-refractivity contribution in [3.63, 3.8) is 0 Å². The summed E-state index contributed by atoms with van der Waals surface area (Å²) in [5.74, 6) is -0.0379. The summed E-state index contributed by atoms with van der Waals surface area (Å²) in [6.45, 7) is 5.64. The second kappa shape index (κ2) is 12.7. The van der Waals surface area contributed by atoms with Gasteiger partial charge in [0, 0.05) is 32.7 Å². The monoisotopic (exact) mass is 498 g/mol. The summed E-state index contributed by atoms with van der Waals surface area (Å²) >= 11 is 0. The molecule has 0 radical (unpaired) electrons. The van der Waals surface area contributed by atoms with Gasteiger partial charge in [-0.15, -0.1) is 0 Å². The second-order valence-electron chi connectivity index (χ2n) is 10.9. The SMILES string of the molecule is NC(=O)C1(C(=O)N[C@H](Cc2ccccc2)C(=O)NCC2CCN(CC3CCOCC3)CC2)CCCC1. The first kappa shape index (κ1) is 26.6. The number of likely N-dealkylation sites (tertiary alicyclic amines) is 1. The van der Waals surface area contributed by atoms with Crippen molar-refractivity contribution >= 4 is 17.7 Å². The van der Waals surface area contributed by atoms with Crippen LogP contribution in [0.2, 0.25) is 0 Å². The minimum Gasteiger partial charge on any atom is -0.381 e. The molecule has 1 aliphatic carbocycles. The molecular weight excluding hydrogens is 456 g/mol. The largest absolute Gasteiger partial charge is 0.381 e. The molecule has 3 aliphatic rings. The molecule has 4 rings (SSSR count). The third-order valence-corrected chi connectivity index (χ3v) is 8.40. The Morgan fingerprint density at radius 3 is 2.31 bits per heavy atom. The number of ether oxygens (including phenoxy) is 1. The van der Waals surface area contributed by atoms with Crippen LogP contribution in [0.3, 0.4) is 0 Å². The van der Waals surface area contributed by atoms with E-state index in [0.717, 1.165) is 82.9 Å². The lowest BCUT2D eigenvalue weighted by Gasteiger charge is -2.35. The topological polar surface area (TPSA) is 114 Å². The van der Waals surface area contributed by atoms with E-state index in [-0.39, 0.29) is 5.91 Å². The molecule has 4 N–H and O–H groups in total. The molecule has 0 bridgehead atoms. The van der Waals surface area contributed by atoms with Crippen LogP contribution in [0.5, 0.6) is 0 Å². The number of carbonyl (C=O) groups is 3. The second-order valence-corrected chi connectivity index (χ2v) is 10.9.